The van der Waals surface area contributed by atoms with E-state index in [-0.39, 0.29) is 0 Å². The van der Waals surface area contributed by atoms with Crippen LogP contribution in [0.25, 0.3) is 0 Å². The van der Waals surface area contributed by atoms with Gasteiger partial charge in [0, 0.05) is 23.8 Å². The molecule has 0 aliphatic carbocycles. The number of hydrogen-bond donors (Lipinski definition) is 1. The second kappa shape index (κ2) is 15.3. The van der Waals surface area contributed by atoms with E-state index >= 15 is 0 Å². The van der Waals surface area contributed by atoms with Crippen molar-refractivity contribution in [3.63, 3.8) is 0 Å². The fourth-order valence-corrected chi connectivity index (χ4v) is 13.2. The predicted octanol–water partition coefficient (Wildman–Crippen LogP) is 6.14. The van der Waals surface area contributed by atoms with Gasteiger partial charge in [-0.1, -0.05) is 182 Å². The van der Waals surface area contributed by atoms with E-state index < -0.39 is 23.8 Å². The summed E-state index contributed by atoms with van der Waals surface area (Å²) in [6.45, 7) is 0. The summed E-state index contributed by atoms with van der Waals surface area (Å²) in [4.78, 5) is 1.68. The van der Waals surface area contributed by atoms with Crippen LogP contribution < -0.4 is 36.7 Å². The third-order valence-electron chi connectivity index (χ3n) is 7.55. The zero-order chi connectivity index (χ0) is 29.1. The van der Waals surface area contributed by atoms with Crippen molar-refractivity contribution in [2.24, 2.45) is 0 Å². The molecule has 0 fully saturated rings. The normalized spacial score (nSPS) is 11.4. The van der Waals surface area contributed by atoms with Gasteiger partial charge in [-0.2, -0.15) is 0 Å². The van der Waals surface area contributed by atoms with E-state index in [0.717, 1.165) is 18.9 Å². The molecule has 212 valence electrons. The van der Waals surface area contributed by atoms with Crippen molar-refractivity contribution in [1.29, 1.82) is 0 Å². The van der Waals surface area contributed by atoms with Gasteiger partial charge in [0.1, 0.15) is 18.9 Å². The zero-order valence-electron chi connectivity index (χ0n) is 24.3. The molecule has 0 bridgehead atoms. The van der Waals surface area contributed by atoms with E-state index in [0.29, 0.717) is 0 Å². The van der Waals surface area contributed by atoms with Gasteiger partial charge >= 0.3 is 0 Å². The molecule has 43 heavy (non-hydrogen) atoms. The van der Waals surface area contributed by atoms with Crippen molar-refractivity contribution >= 4 is 55.6 Å². The molecule has 0 spiro atoms. The molecule has 1 N–H and O–H groups in total. The van der Waals surface area contributed by atoms with Crippen LogP contribution in [-0.4, -0.2) is 18.9 Å². The highest BCUT2D eigenvalue weighted by Gasteiger charge is 2.29. The minimum atomic E-state index is -0.543. The van der Waals surface area contributed by atoms with Crippen molar-refractivity contribution in [2.75, 3.05) is 18.9 Å². The molecule has 0 atom stereocenters. The molecule has 0 saturated carbocycles. The van der Waals surface area contributed by atoms with E-state index in [4.69, 9.17) is 0 Å². The highest BCUT2D eigenvalue weighted by Crippen LogP contribution is 2.36. The largest absolute Gasteiger partial charge is 0.323 e. The summed E-state index contributed by atoms with van der Waals surface area (Å²) in [7, 11) is -1.63. The number of quaternary nitrogens is 1. The Hall–Kier alpha value is -3.43. The average molecular weight is 613 g/mol. The lowest BCUT2D eigenvalue weighted by Gasteiger charge is -2.32. The monoisotopic (exact) mass is 612 g/mol. The molecule has 6 rings (SSSR count). The molecular formula is C39H37NP3+. The standard InChI is InChI=1S/C39H36NP3/c1-7-19-34(20-8-1)41(35-21-9-2-10-22-35)31-40(32-42(36-23-11-3-12-24-36)37-25-13-4-14-26-37)33-43(38-27-15-5-16-28-38)39-29-17-6-18-30-39/h1-30H,31-33H2/p+1. The second-order valence-electron chi connectivity index (χ2n) is 10.5. The molecule has 0 heterocycles. The smallest absolute Gasteiger partial charge is 0.104 e. The van der Waals surface area contributed by atoms with Crippen LogP contribution in [0.4, 0.5) is 0 Å². The van der Waals surface area contributed by atoms with Gasteiger partial charge in [0.2, 0.25) is 0 Å². The summed E-state index contributed by atoms with van der Waals surface area (Å²) in [5.74, 6) is 0. The Kier molecular flexibility index (Phi) is 10.6. The Morgan fingerprint density at radius 2 is 0.419 bits per heavy atom. The lowest BCUT2D eigenvalue weighted by Crippen LogP contribution is -3.11. The molecule has 0 unspecified atom stereocenters. The molecule has 0 aliphatic rings. The Morgan fingerprint density at radius 1 is 0.256 bits per heavy atom. The lowest BCUT2D eigenvalue weighted by molar-refractivity contribution is -0.862. The maximum atomic E-state index is 2.34. The molecule has 6 aromatic rings. The van der Waals surface area contributed by atoms with Crippen molar-refractivity contribution in [3.8, 4) is 0 Å². The van der Waals surface area contributed by atoms with Crippen LogP contribution in [0.1, 0.15) is 0 Å². The Morgan fingerprint density at radius 3 is 0.581 bits per heavy atom. The minimum absolute atomic E-state index is 0.543. The summed E-state index contributed by atoms with van der Waals surface area (Å²) >= 11 is 0. The van der Waals surface area contributed by atoms with E-state index in [9.17, 15) is 0 Å². The fraction of sp³-hybridized carbons (Fsp3) is 0.0769. The van der Waals surface area contributed by atoms with Crippen molar-refractivity contribution in [3.05, 3.63) is 182 Å². The van der Waals surface area contributed by atoms with Gasteiger partial charge < -0.3 is 4.90 Å². The summed E-state index contributed by atoms with van der Waals surface area (Å²) < 4.78 is 0. The van der Waals surface area contributed by atoms with E-state index in [1.807, 2.05) is 0 Å². The molecule has 1 nitrogen and oxygen atoms in total. The van der Waals surface area contributed by atoms with Gasteiger partial charge in [0.15, 0.2) is 0 Å². The number of rotatable bonds is 12. The van der Waals surface area contributed by atoms with Gasteiger partial charge in [-0.25, -0.2) is 0 Å². The second-order valence-corrected chi connectivity index (χ2v) is 17.1. The van der Waals surface area contributed by atoms with Crippen molar-refractivity contribution < 1.29 is 4.90 Å². The number of nitrogens with one attached hydrogen (secondary N) is 1. The van der Waals surface area contributed by atoms with Crippen LogP contribution in [-0.2, 0) is 0 Å². The Labute approximate surface area is 260 Å². The van der Waals surface area contributed by atoms with Gasteiger partial charge in [0.25, 0.3) is 0 Å². The quantitative estimate of drug-likeness (QED) is 0.159. The topological polar surface area (TPSA) is 4.44 Å². The summed E-state index contributed by atoms with van der Waals surface area (Å²) in [6.07, 6.45) is 3.29. The first-order valence-corrected chi connectivity index (χ1v) is 19.4. The SMILES string of the molecule is c1ccc(P(C[NH+](CP(c2ccccc2)c2ccccc2)CP(c2ccccc2)c2ccccc2)c2ccccc2)cc1. The first-order valence-electron chi connectivity index (χ1n) is 14.8. The molecule has 0 aromatic heterocycles. The van der Waals surface area contributed by atoms with Gasteiger partial charge in [-0.3, -0.25) is 0 Å². The highest BCUT2D eigenvalue weighted by atomic mass is 31.1. The predicted molar refractivity (Wildman–Crippen MR) is 193 cm³/mol. The molecule has 0 aliphatic heterocycles. The number of benzene rings is 6. The third kappa shape index (κ3) is 7.95. The maximum absolute atomic E-state index is 2.34. The first kappa shape index (κ1) is 29.6. The summed E-state index contributed by atoms with van der Waals surface area (Å²) in [5.41, 5.74) is 0. The molecule has 0 radical (unpaired) electrons. The maximum Gasteiger partial charge on any atom is 0.104 e. The third-order valence-corrected chi connectivity index (χ3v) is 15.4. The van der Waals surface area contributed by atoms with Crippen LogP contribution in [0.15, 0.2) is 182 Å². The van der Waals surface area contributed by atoms with E-state index in [2.05, 4.69) is 182 Å². The zero-order valence-corrected chi connectivity index (χ0v) is 27.0. The van der Waals surface area contributed by atoms with Crippen LogP contribution in [0.5, 0.6) is 0 Å². The van der Waals surface area contributed by atoms with Gasteiger partial charge in [-0.15, -0.1) is 0 Å². The molecule has 0 saturated heterocycles. The number of hydrogen-bond acceptors (Lipinski definition) is 0. The highest BCUT2D eigenvalue weighted by molar-refractivity contribution is 7.74. The Bertz CT molecular complexity index is 1310. The lowest BCUT2D eigenvalue weighted by atomic mass is 10.4. The molecule has 6 aromatic carbocycles. The molecule has 0 amide bonds. The van der Waals surface area contributed by atoms with Crippen LogP contribution in [0.2, 0.25) is 0 Å². The minimum Gasteiger partial charge on any atom is -0.323 e. The van der Waals surface area contributed by atoms with E-state index in [1.165, 1.54) is 31.8 Å². The van der Waals surface area contributed by atoms with Gasteiger partial charge in [-0.05, 0) is 31.8 Å². The summed E-state index contributed by atoms with van der Waals surface area (Å²) in [6, 6.07) is 67.3. The van der Waals surface area contributed by atoms with Crippen molar-refractivity contribution in [2.45, 2.75) is 0 Å². The average Bonchev–Trinajstić information content (AvgIpc) is 3.10. The molecule has 4 heteroatoms. The van der Waals surface area contributed by atoms with Crippen LogP contribution in [0.3, 0.4) is 0 Å². The van der Waals surface area contributed by atoms with Gasteiger partial charge in [0.05, 0.1) is 0 Å². The van der Waals surface area contributed by atoms with Crippen molar-refractivity contribution in [1.82, 2.24) is 0 Å². The Balaban J connectivity index is 1.43. The van der Waals surface area contributed by atoms with E-state index in [1.54, 1.807) is 4.90 Å². The fourth-order valence-electron chi connectivity index (χ4n) is 5.46. The molecular weight excluding hydrogens is 575 g/mol. The van der Waals surface area contributed by atoms with Crippen LogP contribution >= 0.6 is 23.8 Å². The summed E-state index contributed by atoms with van der Waals surface area (Å²) in [5, 5.41) is 8.72. The first-order chi connectivity index (χ1) is 21.3. The van der Waals surface area contributed by atoms with Crippen LogP contribution in [0, 0.1) is 0 Å².